The Hall–Kier alpha value is 0.467. The highest BCUT2D eigenvalue weighted by atomic mass is 35.5. The molecule has 0 fully saturated rings. The van der Waals surface area contributed by atoms with E-state index in [9.17, 15) is 0 Å². The van der Waals surface area contributed by atoms with E-state index < -0.39 is 0 Å². The second kappa shape index (κ2) is 8.82. The van der Waals surface area contributed by atoms with Gasteiger partial charge in [0.1, 0.15) is 0 Å². The lowest BCUT2D eigenvalue weighted by Crippen LogP contribution is -1.98. The molecule has 1 N–H and O–H groups in total. The van der Waals surface area contributed by atoms with Crippen LogP contribution in [0, 0.1) is 0 Å². The zero-order valence-electron chi connectivity index (χ0n) is 3.09. The van der Waals surface area contributed by atoms with Crippen molar-refractivity contribution in [3.05, 3.63) is 0 Å². The number of nitrogens with one attached hydrogen (secondary N) is 1. The standard InChI is InChI=1S/C2H6ClN.Si/c1-4-2-3;/h4H,2H2,1H3;. The molecule has 0 heterocycles. The Balaban J connectivity index is 0. The maximum Gasteiger partial charge on any atom is 0.0710 e. The van der Waals surface area contributed by atoms with Gasteiger partial charge in [0.05, 0.1) is 6.00 Å². The first-order chi connectivity index (χ1) is 1.91. The van der Waals surface area contributed by atoms with Gasteiger partial charge in [-0.3, -0.25) is 0 Å². The third-order valence-electron chi connectivity index (χ3n) is 0.134. The van der Waals surface area contributed by atoms with Crippen LogP contribution in [-0.2, 0) is 0 Å². The number of halogens is 1. The molecular weight excluding hydrogens is 102 g/mol. The van der Waals surface area contributed by atoms with Crippen molar-refractivity contribution >= 4 is 22.6 Å². The predicted octanol–water partition coefficient (Wildman–Crippen LogP) is 0.0213. The van der Waals surface area contributed by atoms with E-state index in [4.69, 9.17) is 11.6 Å². The highest BCUT2D eigenvalue weighted by molar-refractivity contribution is 6.17. The predicted molar refractivity (Wildman–Crippen MR) is 25.5 cm³/mol. The zero-order chi connectivity index (χ0) is 3.41. The molecule has 4 radical (unpaired) electrons. The summed E-state index contributed by atoms with van der Waals surface area (Å²) in [7, 11) is 1.80. The average molecular weight is 108 g/mol. The first-order valence-electron chi connectivity index (χ1n) is 1.12. The molecule has 5 heavy (non-hydrogen) atoms. The topological polar surface area (TPSA) is 12.0 Å². The van der Waals surface area contributed by atoms with Gasteiger partial charge in [0.25, 0.3) is 0 Å². The second-order valence-electron chi connectivity index (χ2n) is 0.487. The van der Waals surface area contributed by atoms with Gasteiger partial charge in [-0.25, -0.2) is 0 Å². The molecule has 0 aromatic carbocycles. The monoisotopic (exact) mass is 107 g/mol. The van der Waals surface area contributed by atoms with Crippen molar-refractivity contribution in [3.8, 4) is 0 Å². The van der Waals surface area contributed by atoms with Crippen molar-refractivity contribution in [1.82, 2.24) is 5.32 Å². The Kier molecular flexibility index (Phi) is 16.0. The lowest BCUT2D eigenvalue weighted by atomic mass is 11.3. The smallest absolute Gasteiger partial charge is 0.0710 e. The van der Waals surface area contributed by atoms with Crippen LogP contribution < -0.4 is 5.32 Å². The average Bonchev–Trinajstić information content (AvgIpc) is 1.37. The largest absolute Gasteiger partial charge is 0.307 e. The molecule has 0 rings (SSSR count). The van der Waals surface area contributed by atoms with Crippen LogP contribution in [0.15, 0.2) is 0 Å². The molecular formula is C2H6ClNSi. The first-order valence-corrected chi connectivity index (χ1v) is 1.66. The number of hydrogen-bond acceptors (Lipinski definition) is 1. The van der Waals surface area contributed by atoms with E-state index in [1.54, 1.807) is 7.05 Å². The molecule has 30 valence electrons. The molecule has 0 bridgehead atoms. The highest BCUT2D eigenvalue weighted by Crippen LogP contribution is 1.55. The van der Waals surface area contributed by atoms with Crippen LogP contribution in [0.2, 0.25) is 0 Å². The summed E-state index contributed by atoms with van der Waals surface area (Å²) < 4.78 is 0. The number of rotatable bonds is 1. The minimum Gasteiger partial charge on any atom is -0.307 e. The first kappa shape index (κ1) is 9.08. The maximum absolute atomic E-state index is 5.07. The van der Waals surface area contributed by atoms with Gasteiger partial charge in [-0.15, -0.1) is 11.6 Å². The van der Waals surface area contributed by atoms with Gasteiger partial charge in [0.2, 0.25) is 0 Å². The van der Waals surface area contributed by atoms with Crippen molar-refractivity contribution in [3.63, 3.8) is 0 Å². The van der Waals surface area contributed by atoms with Gasteiger partial charge >= 0.3 is 0 Å². The molecule has 0 aromatic rings. The molecule has 0 saturated carbocycles. The summed E-state index contributed by atoms with van der Waals surface area (Å²) in [5.41, 5.74) is 0. The fourth-order valence-corrected chi connectivity index (χ4v) is 0. The van der Waals surface area contributed by atoms with Crippen LogP contribution >= 0.6 is 11.6 Å². The lowest BCUT2D eigenvalue weighted by Gasteiger charge is -1.73. The molecule has 0 spiro atoms. The van der Waals surface area contributed by atoms with Gasteiger partial charge < -0.3 is 5.32 Å². The van der Waals surface area contributed by atoms with E-state index in [1.165, 1.54) is 0 Å². The Bertz CT molecular complexity index is 11.6. The second-order valence-corrected chi connectivity index (χ2v) is 0.754. The molecule has 0 atom stereocenters. The molecule has 0 unspecified atom stereocenters. The lowest BCUT2D eigenvalue weighted by molar-refractivity contribution is 0.975. The summed E-state index contributed by atoms with van der Waals surface area (Å²) in [6.45, 7) is 0. The minimum atomic E-state index is 0. The van der Waals surface area contributed by atoms with E-state index in [2.05, 4.69) is 5.32 Å². The number of hydrogen-bond donors (Lipinski definition) is 1. The fraction of sp³-hybridized carbons (Fsp3) is 1.00. The quantitative estimate of drug-likeness (QED) is 0.283. The molecule has 0 aliphatic carbocycles. The normalized spacial score (nSPS) is 6.00. The van der Waals surface area contributed by atoms with Crippen LogP contribution in [0.25, 0.3) is 0 Å². The van der Waals surface area contributed by atoms with Crippen LogP contribution in [-0.4, -0.2) is 24.0 Å². The summed E-state index contributed by atoms with van der Waals surface area (Å²) in [5.74, 6) is 0. The SMILES string of the molecule is CNCCl.[Si]. The van der Waals surface area contributed by atoms with Crippen molar-refractivity contribution in [2.75, 3.05) is 13.1 Å². The number of alkyl halides is 1. The molecule has 0 aromatic heterocycles. The molecule has 0 aliphatic rings. The van der Waals surface area contributed by atoms with Crippen molar-refractivity contribution in [2.45, 2.75) is 0 Å². The van der Waals surface area contributed by atoms with Crippen LogP contribution in [0.5, 0.6) is 0 Å². The van der Waals surface area contributed by atoms with E-state index in [1.807, 2.05) is 0 Å². The van der Waals surface area contributed by atoms with Crippen molar-refractivity contribution in [1.29, 1.82) is 0 Å². The molecule has 1 nitrogen and oxygen atoms in total. The van der Waals surface area contributed by atoms with Gasteiger partial charge in [-0.2, -0.15) is 0 Å². The summed E-state index contributed by atoms with van der Waals surface area (Å²) in [5, 5.41) is 2.70. The fourth-order valence-electron chi connectivity index (χ4n) is 0. The summed E-state index contributed by atoms with van der Waals surface area (Å²) in [6.07, 6.45) is 0. The van der Waals surface area contributed by atoms with E-state index in [-0.39, 0.29) is 11.0 Å². The third-order valence-corrected chi connectivity index (χ3v) is 0.401. The van der Waals surface area contributed by atoms with E-state index in [0.29, 0.717) is 6.00 Å². The van der Waals surface area contributed by atoms with Gasteiger partial charge in [-0.1, -0.05) is 0 Å². The van der Waals surface area contributed by atoms with Gasteiger partial charge in [0, 0.05) is 11.0 Å². The van der Waals surface area contributed by atoms with Crippen LogP contribution in [0.3, 0.4) is 0 Å². The van der Waals surface area contributed by atoms with Gasteiger partial charge in [0.15, 0.2) is 0 Å². The summed E-state index contributed by atoms with van der Waals surface area (Å²) >= 11 is 5.07. The Labute approximate surface area is 41.7 Å². The third kappa shape index (κ3) is 12.6. The summed E-state index contributed by atoms with van der Waals surface area (Å²) in [6, 6.07) is 0.542. The molecule has 3 heteroatoms. The Morgan fingerprint density at radius 2 is 2.00 bits per heavy atom. The molecule has 0 amide bonds. The minimum absolute atomic E-state index is 0. The Morgan fingerprint density at radius 1 is 1.80 bits per heavy atom. The van der Waals surface area contributed by atoms with Crippen LogP contribution in [0.4, 0.5) is 0 Å². The van der Waals surface area contributed by atoms with Gasteiger partial charge in [-0.05, 0) is 7.05 Å². The molecule has 0 saturated heterocycles. The molecule has 0 aliphatic heterocycles. The van der Waals surface area contributed by atoms with E-state index in [0.717, 1.165) is 0 Å². The Morgan fingerprint density at radius 3 is 2.00 bits per heavy atom. The summed E-state index contributed by atoms with van der Waals surface area (Å²) in [4.78, 5) is 0. The van der Waals surface area contributed by atoms with Crippen LogP contribution in [0.1, 0.15) is 0 Å². The van der Waals surface area contributed by atoms with Crippen molar-refractivity contribution < 1.29 is 0 Å². The van der Waals surface area contributed by atoms with E-state index >= 15 is 0 Å². The zero-order valence-corrected chi connectivity index (χ0v) is 4.84. The maximum atomic E-state index is 5.07. The van der Waals surface area contributed by atoms with Crippen molar-refractivity contribution in [2.24, 2.45) is 0 Å². The highest BCUT2D eigenvalue weighted by Gasteiger charge is 1.53.